The first-order valence-corrected chi connectivity index (χ1v) is 12.4. The van der Waals surface area contributed by atoms with Crippen molar-refractivity contribution >= 4 is 17.4 Å². The summed E-state index contributed by atoms with van der Waals surface area (Å²) in [5.74, 6) is 0.750. The molecule has 0 spiro atoms. The van der Waals surface area contributed by atoms with Gasteiger partial charge in [-0.2, -0.15) is 4.98 Å². The van der Waals surface area contributed by atoms with Crippen LogP contribution in [0.5, 0.6) is 5.88 Å². The summed E-state index contributed by atoms with van der Waals surface area (Å²) in [5.41, 5.74) is 1.09. The van der Waals surface area contributed by atoms with Crippen LogP contribution in [0.4, 0.5) is 5.69 Å². The molecule has 3 aromatic rings. The van der Waals surface area contributed by atoms with Crippen LogP contribution >= 0.6 is 0 Å². The molecule has 7 rings (SSSR count). The van der Waals surface area contributed by atoms with Gasteiger partial charge in [-0.05, 0) is 58.1 Å². The zero-order valence-electron chi connectivity index (χ0n) is 20.6. The number of rotatable bonds is 7. The van der Waals surface area contributed by atoms with E-state index in [1.54, 1.807) is 33.5 Å². The number of ether oxygens (including phenoxy) is 2. The molecular weight excluding hydrogens is 446 g/mol. The Bertz CT molecular complexity index is 1380. The van der Waals surface area contributed by atoms with E-state index in [1.807, 2.05) is 20.0 Å². The molecule has 0 radical (unpaired) electrons. The van der Waals surface area contributed by atoms with Crippen LogP contribution in [0, 0.1) is 5.92 Å². The van der Waals surface area contributed by atoms with Gasteiger partial charge in [0.2, 0.25) is 11.7 Å². The lowest BCUT2D eigenvalue weighted by molar-refractivity contribution is 0.0154. The van der Waals surface area contributed by atoms with Crippen molar-refractivity contribution in [1.82, 2.24) is 18.9 Å². The van der Waals surface area contributed by atoms with E-state index >= 15 is 0 Å². The van der Waals surface area contributed by atoms with Crippen LogP contribution in [0.1, 0.15) is 75.5 Å². The fourth-order valence-electron chi connectivity index (χ4n) is 5.85. The van der Waals surface area contributed by atoms with Crippen molar-refractivity contribution in [2.24, 2.45) is 5.92 Å². The second-order valence-electron chi connectivity index (χ2n) is 10.9. The molecule has 2 saturated heterocycles. The van der Waals surface area contributed by atoms with Crippen molar-refractivity contribution in [3.05, 3.63) is 52.3 Å². The summed E-state index contributed by atoms with van der Waals surface area (Å²) in [6, 6.07) is 3.64. The highest BCUT2D eigenvalue weighted by Gasteiger charge is 2.61. The van der Waals surface area contributed by atoms with Gasteiger partial charge in [0, 0.05) is 30.0 Å². The molecule has 2 saturated carbocycles. The number of hydrogen-bond donors (Lipinski definition) is 1. The summed E-state index contributed by atoms with van der Waals surface area (Å²) < 4.78 is 15.3. The normalized spacial score (nSPS) is 28.8. The second-order valence-corrected chi connectivity index (χ2v) is 10.9. The van der Waals surface area contributed by atoms with Gasteiger partial charge in [-0.3, -0.25) is 14.0 Å². The summed E-state index contributed by atoms with van der Waals surface area (Å²) in [6.45, 7) is 8.67. The monoisotopic (exact) mass is 477 g/mol. The second kappa shape index (κ2) is 7.65. The Balaban J connectivity index is 1.33. The van der Waals surface area contributed by atoms with Crippen molar-refractivity contribution in [1.29, 1.82) is 0 Å². The molecule has 35 heavy (non-hydrogen) atoms. The van der Waals surface area contributed by atoms with Crippen LogP contribution in [0.2, 0.25) is 0 Å². The van der Waals surface area contributed by atoms with Crippen molar-refractivity contribution in [2.75, 3.05) is 11.9 Å². The Hall–Kier alpha value is -3.20. The molecule has 2 aliphatic carbocycles. The van der Waals surface area contributed by atoms with Gasteiger partial charge in [-0.25, -0.2) is 4.98 Å². The van der Waals surface area contributed by atoms with E-state index in [-0.39, 0.29) is 45.9 Å². The summed E-state index contributed by atoms with van der Waals surface area (Å²) in [4.78, 5) is 35.8. The van der Waals surface area contributed by atoms with Gasteiger partial charge in [-0.1, -0.05) is 13.3 Å². The van der Waals surface area contributed by atoms with Gasteiger partial charge in [0.25, 0.3) is 11.5 Å². The zero-order valence-corrected chi connectivity index (χ0v) is 20.6. The smallest absolute Gasteiger partial charge is 0.274 e. The molecule has 3 aromatic heterocycles. The third kappa shape index (κ3) is 3.64. The Morgan fingerprint density at radius 1 is 1.31 bits per heavy atom. The predicted octanol–water partition coefficient (Wildman–Crippen LogP) is 3.72. The number of carbonyl (C=O) groups is 1. The number of nitrogens with zero attached hydrogens (tertiary/aromatic N) is 4. The van der Waals surface area contributed by atoms with Crippen LogP contribution in [0.15, 0.2) is 35.5 Å². The van der Waals surface area contributed by atoms with Gasteiger partial charge < -0.3 is 19.4 Å². The predicted molar refractivity (Wildman–Crippen MR) is 130 cm³/mol. The van der Waals surface area contributed by atoms with Crippen molar-refractivity contribution in [3.63, 3.8) is 0 Å². The quantitative estimate of drug-likeness (QED) is 0.557. The molecule has 9 heteroatoms. The van der Waals surface area contributed by atoms with Gasteiger partial charge in [0.05, 0.1) is 24.0 Å². The molecule has 184 valence electrons. The van der Waals surface area contributed by atoms with Gasteiger partial charge >= 0.3 is 0 Å². The number of carbonyl (C=O) groups excluding carboxylic acids is 1. The maximum absolute atomic E-state index is 13.4. The molecule has 2 bridgehead atoms. The van der Waals surface area contributed by atoms with E-state index in [0.29, 0.717) is 18.3 Å². The maximum atomic E-state index is 13.4. The number of aromatic nitrogens is 4. The molecule has 9 nitrogen and oxygen atoms in total. The molecule has 1 N–H and O–H groups in total. The van der Waals surface area contributed by atoms with E-state index in [9.17, 15) is 9.59 Å². The molecule has 4 aliphatic rings. The Morgan fingerprint density at radius 3 is 2.77 bits per heavy atom. The van der Waals surface area contributed by atoms with Crippen molar-refractivity contribution in [2.45, 2.75) is 76.5 Å². The Morgan fingerprint density at radius 2 is 2.11 bits per heavy atom. The molecule has 2 aliphatic heterocycles. The number of pyridine rings is 1. The Labute approximate surface area is 203 Å². The third-order valence-corrected chi connectivity index (χ3v) is 7.66. The number of amides is 1. The topological polar surface area (TPSA) is 99.8 Å². The molecule has 4 fully saturated rings. The number of anilines is 1. The van der Waals surface area contributed by atoms with Crippen LogP contribution in [0.25, 0.3) is 5.78 Å². The highest BCUT2D eigenvalue weighted by atomic mass is 16.5. The average molecular weight is 478 g/mol. The first-order valence-electron chi connectivity index (χ1n) is 12.4. The van der Waals surface area contributed by atoms with Crippen LogP contribution < -0.4 is 15.6 Å². The maximum Gasteiger partial charge on any atom is 0.274 e. The van der Waals surface area contributed by atoms with Crippen LogP contribution in [0.3, 0.4) is 0 Å². The number of nitrogens with one attached hydrogen (secondary N) is 1. The molecular formula is C26H31N5O4. The zero-order chi connectivity index (χ0) is 24.5. The van der Waals surface area contributed by atoms with E-state index < -0.39 is 5.91 Å². The first kappa shape index (κ1) is 22.3. The number of hydrogen-bond acceptors (Lipinski definition) is 6. The average Bonchev–Trinajstić information content (AvgIpc) is 3.13. The van der Waals surface area contributed by atoms with E-state index in [4.69, 9.17) is 14.5 Å². The van der Waals surface area contributed by atoms with Crippen LogP contribution in [-0.2, 0) is 10.2 Å². The largest absolute Gasteiger partial charge is 0.474 e. The van der Waals surface area contributed by atoms with E-state index in [1.165, 1.54) is 0 Å². The SMILES string of the molecule is CC[C@@H]1C[C@H]1n1cccc(NC(=O)c2cn3cc(C45COC(C)(C4)C5)nc3nc2OC(C)C)c1=O. The molecule has 2 atom stereocenters. The summed E-state index contributed by atoms with van der Waals surface area (Å²) in [6.07, 6.45) is 9.13. The number of imidazole rings is 1. The third-order valence-electron chi connectivity index (χ3n) is 7.66. The lowest BCUT2D eigenvalue weighted by Gasteiger charge is -2.41. The summed E-state index contributed by atoms with van der Waals surface area (Å²) in [7, 11) is 0. The minimum absolute atomic E-state index is 0.0552. The highest BCUT2D eigenvalue weighted by molar-refractivity contribution is 6.05. The highest BCUT2D eigenvalue weighted by Crippen LogP contribution is 2.58. The minimum atomic E-state index is -0.443. The van der Waals surface area contributed by atoms with E-state index in [0.717, 1.165) is 31.4 Å². The van der Waals surface area contributed by atoms with Crippen molar-refractivity contribution in [3.8, 4) is 5.88 Å². The van der Waals surface area contributed by atoms with Gasteiger partial charge in [-0.15, -0.1) is 0 Å². The molecule has 0 aromatic carbocycles. The molecule has 0 unspecified atom stereocenters. The van der Waals surface area contributed by atoms with Gasteiger partial charge in [0.15, 0.2) is 0 Å². The summed E-state index contributed by atoms with van der Waals surface area (Å²) >= 11 is 0. The Kier molecular flexibility index (Phi) is 4.87. The lowest BCUT2D eigenvalue weighted by atomic mass is 9.62. The summed E-state index contributed by atoms with van der Waals surface area (Å²) in [5, 5.41) is 2.80. The molecule has 5 heterocycles. The van der Waals surface area contributed by atoms with Gasteiger partial charge in [0.1, 0.15) is 11.3 Å². The molecule has 1 amide bonds. The fourth-order valence-corrected chi connectivity index (χ4v) is 5.85. The minimum Gasteiger partial charge on any atom is -0.474 e. The lowest BCUT2D eigenvalue weighted by Crippen LogP contribution is -2.45. The van der Waals surface area contributed by atoms with E-state index in [2.05, 4.69) is 24.1 Å². The van der Waals surface area contributed by atoms with Crippen LogP contribution in [-0.4, -0.2) is 43.2 Å². The first-order chi connectivity index (χ1) is 16.7. The standard InChI is InChI=1S/C26H31N5O4/c1-5-16-9-19(16)31-8-6-7-18(23(31)33)27-21(32)17-10-30-11-20(26-12-25(4,13-26)34-14-26)28-24(30)29-22(17)35-15(2)3/h6-8,10-11,15-16,19H,5,9,12-14H2,1-4H3,(H,27,32)/t16-,19-,25?,26?/m1/s1. The fraction of sp³-hybridized carbons (Fsp3) is 0.538. The van der Waals surface area contributed by atoms with Crippen molar-refractivity contribution < 1.29 is 14.3 Å². The number of fused-ring (bicyclic) bond motifs is 2.